The van der Waals surface area contributed by atoms with Crippen molar-refractivity contribution in [1.29, 1.82) is 0 Å². The lowest BCUT2D eigenvalue weighted by atomic mass is 10.2. The highest BCUT2D eigenvalue weighted by Crippen LogP contribution is 2.22. The molecule has 3 nitrogen and oxygen atoms in total. The molecule has 0 saturated heterocycles. The van der Waals surface area contributed by atoms with Crippen molar-refractivity contribution in [3.63, 3.8) is 0 Å². The van der Waals surface area contributed by atoms with E-state index in [1.54, 1.807) is 30.8 Å². The number of carbonyl (C=O) groups is 1. The molecule has 0 aliphatic heterocycles. The third-order valence-electron chi connectivity index (χ3n) is 2.07. The van der Waals surface area contributed by atoms with E-state index in [-0.39, 0.29) is 18.6 Å². The van der Waals surface area contributed by atoms with Gasteiger partial charge in [-0.05, 0) is 31.4 Å². The highest BCUT2D eigenvalue weighted by Gasteiger charge is 2.13. The van der Waals surface area contributed by atoms with Crippen LogP contribution in [-0.4, -0.2) is 29.9 Å². The number of benzene rings is 1. The van der Waals surface area contributed by atoms with E-state index in [0.717, 1.165) is 4.90 Å². The molecule has 1 atom stereocenters. The van der Waals surface area contributed by atoms with E-state index in [0.29, 0.717) is 10.6 Å². The summed E-state index contributed by atoms with van der Waals surface area (Å²) < 4.78 is 0. The van der Waals surface area contributed by atoms with Gasteiger partial charge in [0, 0.05) is 10.9 Å². The summed E-state index contributed by atoms with van der Waals surface area (Å²) in [5, 5.41) is 11.9. The number of thioether (sulfide) groups is 1. The fraction of sp³-hybridized carbons (Fsp3) is 0.364. The Hall–Kier alpha value is -0.710. The molecule has 16 heavy (non-hydrogen) atoms. The van der Waals surface area contributed by atoms with Crippen molar-refractivity contribution in [2.45, 2.75) is 17.9 Å². The number of nitrogens with one attached hydrogen (secondary N) is 1. The van der Waals surface area contributed by atoms with Crippen LogP contribution in [0.15, 0.2) is 23.1 Å². The number of rotatable bonds is 4. The molecule has 5 heteroatoms. The molecule has 1 aromatic carbocycles. The molecular weight excluding hydrogens is 246 g/mol. The van der Waals surface area contributed by atoms with Gasteiger partial charge in [-0.15, -0.1) is 11.8 Å². The van der Waals surface area contributed by atoms with Gasteiger partial charge in [-0.2, -0.15) is 0 Å². The summed E-state index contributed by atoms with van der Waals surface area (Å²) in [5.41, 5.74) is 0.439. The van der Waals surface area contributed by atoms with Crippen molar-refractivity contribution in [2.24, 2.45) is 0 Å². The predicted molar refractivity (Wildman–Crippen MR) is 67.2 cm³/mol. The van der Waals surface area contributed by atoms with Gasteiger partial charge in [0.2, 0.25) is 0 Å². The summed E-state index contributed by atoms with van der Waals surface area (Å²) >= 11 is 7.49. The summed E-state index contributed by atoms with van der Waals surface area (Å²) in [6.07, 6.45) is 1.93. The quantitative estimate of drug-likeness (QED) is 0.815. The normalized spacial score (nSPS) is 12.2. The van der Waals surface area contributed by atoms with E-state index in [1.165, 1.54) is 0 Å². The summed E-state index contributed by atoms with van der Waals surface area (Å²) in [5.74, 6) is -0.262. The van der Waals surface area contributed by atoms with Crippen molar-refractivity contribution in [2.75, 3.05) is 12.9 Å². The molecule has 0 aliphatic rings. The number of hydrogen-bond donors (Lipinski definition) is 2. The Bertz CT molecular complexity index is 384. The van der Waals surface area contributed by atoms with Crippen molar-refractivity contribution in [3.05, 3.63) is 28.8 Å². The fourth-order valence-electron chi connectivity index (χ4n) is 1.15. The zero-order valence-corrected chi connectivity index (χ0v) is 10.7. The number of amides is 1. The van der Waals surface area contributed by atoms with Gasteiger partial charge in [0.1, 0.15) is 0 Å². The smallest absolute Gasteiger partial charge is 0.253 e. The van der Waals surface area contributed by atoms with Gasteiger partial charge in [-0.3, -0.25) is 4.79 Å². The molecule has 0 spiro atoms. The maximum atomic E-state index is 11.8. The standard InChI is InChI=1S/C11H14ClNO2S/c1-7(6-14)13-11(15)9-5-8(16-2)3-4-10(9)12/h3-5,7,14H,6H2,1-2H3,(H,13,15). The fourth-order valence-corrected chi connectivity index (χ4v) is 1.80. The lowest BCUT2D eigenvalue weighted by Crippen LogP contribution is -2.35. The maximum Gasteiger partial charge on any atom is 0.253 e. The number of aliphatic hydroxyl groups is 1. The van der Waals surface area contributed by atoms with Crippen LogP contribution < -0.4 is 5.32 Å². The molecule has 1 unspecified atom stereocenters. The first-order valence-corrected chi connectivity index (χ1v) is 6.44. The van der Waals surface area contributed by atoms with Gasteiger partial charge in [0.25, 0.3) is 5.91 Å². The van der Waals surface area contributed by atoms with Crippen LogP contribution in [0.3, 0.4) is 0 Å². The molecule has 0 saturated carbocycles. The number of halogens is 1. The van der Waals surface area contributed by atoms with E-state index in [4.69, 9.17) is 16.7 Å². The zero-order valence-electron chi connectivity index (χ0n) is 9.16. The van der Waals surface area contributed by atoms with E-state index >= 15 is 0 Å². The molecule has 0 aliphatic carbocycles. The summed E-state index contributed by atoms with van der Waals surface area (Å²) in [7, 11) is 0. The second-order valence-corrected chi connectivity index (χ2v) is 4.69. The predicted octanol–water partition coefficient (Wildman–Crippen LogP) is 2.17. The monoisotopic (exact) mass is 259 g/mol. The van der Waals surface area contributed by atoms with Crippen LogP contribution in [0.5, 0.6) is 0 Å². The second kappa shape index (κ2) is 6.13. The van der Waals surface area contributed by atoms with E-state index in [1.807, 2.05) is 12.3 Å². The first-order chi connectivity index (χ1) is 7.58. The molecule has 2 N–H and O–H groups in total. The lowest BCUT2D eigenvalue weighted by molar-refractivity contribution is 0.0922. The van der Waals surface area contributed by atoms with Crippen LogP contribution in [0.4, 0.5) is 0 Å². The Labute approximate surface area is 104 Å². The molecule has 0 bridgehead atoms. The van der Waals surface area contributed by atoms with Crippen molar-refractivity contribution < 1.29 is 9.90 Å². The van der Waals surface area contributed by atoms with E-state index < -0.39 is 0 Å². The SMILES string of the molecule is CSc1ccc(Cl)c(C(=O)NC(C)CO)c1. The average molecular weight is 260 g/mol. The summed E-state index contributed by atoms with van der Waals surface area (Å²) in [6.45, 7) is 1.63. The molecule has 1 amide bonds. The zero-order chi connectivity index (χ0) is 12.1. The molecule has 0 fully saturated rings. The maximum absolute atomic E-state index is 11.8. The van der Waals surface area contributed by atoms with Crippen LogP contribution in [0.25, 0.3) is 0 Å². The Morgan fingerprint density at radius 1 is 1.62 bits per heavy atom. The minimum absolute atomic E-state index is 0.0917. The minimum atomic E-state index is -0.276. The molecule has 1 aromatic rings. The molecule has 0 radical (unpaired) electrons. The molecule has 88 valence electrons. The van der Waals surface area contributed by atoms with Crippen LogP contribution in [0.2, 0.25) is 5.02 Å². The largest absolute Gasteiger partial charge is 0.394 e. The lowest BCUT2D eigenvalue weighted by Gasteiger charge is -2.12. The topological polar surface area (TPSA) is 49.3 Å². The Kier molecular flexibility index (Phi) is 5.12. The van der Waals surface area contributed by atoms with Crippen molar-refractivity contribution in [1.82, 2.24) is 5.32 Å². The van der Waals surface area contributed by atoms with Gasteiger partial charge in [0.05, 0.1) is 17.2 Å². The van der Waals surface area contributed by atoms with Gasteiger partial charge in [0.15, 0.2) is 0 Å². The number of carbonyl (C=O) groups excluding carboxylic acids is 1. The van der Waals surface area contributed by atoms with E-state index in [9.17, 15) is 4.79 Å². The average Bonchev–Trinajstić information content (AvgIpc) is 2.29. The molecular formula is C11H14ClNO2S. The van der Waals surface area contributed by atoms with Crippen molar-refractivity contribution >= 4 is 29.3 Å². The van der Waals surface area contributed by atoms with Crippen LogP contribution in [-0.2, 0) is 0 Å². The highest BCUT2D eigenvalue weighted by molar-refractivity contribution is 7.98. The van der Waals surface area contributed by atoms with Crippen LogP contribution >= 0.6 is 23.4 Å². The Balaban J connectivity index is 2.89. The minimum Gasteiger partial charge on any atom is -0.394 e. The molecule has 0 aromatic heterocycles. The first-order valence-electron chi connectivity index (χ1n) is 4.83. The third kappa shape index (κ3) is 3.40. The molecule has 0 heterocycles. The number of hydrogen-bond acceptors (Lipinski definition) is 3. The van der Waals surface area contributed by atoms with Gasteiger partial charge in [-0.25, -0.2) is 0 Å². The summed E-state index contributed by atoms with van der Waals surface area (Å²) in [6, 6.07) is 5.03. The van der Waals surface area contributed by atoms with Gasteiger partial charge >= 0.3 is 0 Å². The van der Waals surface area contributed by atoms with Gasteiger partial charge in [-0.1, -0.05) is 11.6 Å². The highest BCUT2D eigenvalue weighted by atomic mass is 35.5. The second-order valence-electron chi connectivity index (χ2n) is 3.40. The van der Waals surface area contributed by atoms with Crippen molar-refractivity contribution in [3.8, 4) is 0 Å². The van der Waals surface area contributed by atoms with Crippen LogP contribution in [0, 0.1) is 0 Å². The first kappa shape index (κ1) is 13.4. The Morgan fingerprint density at radius 3 is 2.88 bits per heavy atom. The van der Waals surface area contributed by atoms with Crippen LogP contribution in [0.1, 0.15) is 17.3 Å². The third-order valence-corrected chi connectivity index (χ3v) is 3.12. The van der Waals surface area contributed by atoms with E-state index in [2.05, 4.69) is 5.32 Å². The summed E-state index contributed by atoms with van der Waals surface area (Å²) in [4.78, 5) is 12.8. The van der Waals surface area contributed by atoms with Gasteiger partial charge < -0.3 is 10.4 Å². The Morgan fingerprint density at radius 2 is 2.31 bits per heavy atom. The number of aliphatic hydroxyl groups excluding tert-OH is 1. The molecule has 1 rings (SSSR count).